The van der Waals surface area contributed by atoms with E-state index in [2.05, 4.69) is 11.8 Å². The molecule has 4 N–H and O–H groups in total. The van der Waals surface area contributed by atoms with Crippen LogP contribution in [0.25, 0.3) is 11.3 Å². The lowest BCUT2D eigenvalue weighted by Crippen LogP contribution is -2.32. The number of rotatable bonds is 8. The highest BCUT2D eigenvalue weighted by Gasteiger charge is 2.33. The molecule has 0 unspecified atom stereocenters. The number of benzene rings is 2. The fourth-order valence-electron chi connectivity index (χ4n) is 4.74. The van der Waals surface area contributed by atoms with E-state index in [-0.39, 0.29) is 39.9 Å². The van der Waals surface area contributed by atoms with Crippen LogP contribution >= 0.6 is 23.2 Å². The standard InChI is InChI=1S/C27H27Cl2N3O6/c1-14-7-9-32(10-8-14)16-4-5-17(25(30)33)18(12-16)22-21(26(34)35)24(23(27(36)37)31(22)2)38-13-15-3-6-19(28)20(29)11-15/h3-6,11-12,14H,7-10,13H2,1-2H3,(H2,30,33)(H,34,35)(H,36,37). The summed E-state index contributed by atoms with van der Waals surface area (Å²) in [5, 5.41) is 20.9. The smallest absolute Gasteiger partial charge is 0.356 e. The molecule has 0 atom stereocenters. The van der Waals surface area contributed by atoms with Crippen LogP contribution in [0.3, 0.4) is 0 Å². The number of carboxylic acids is 2. The highest BCUT2D eigenvalue weighted by molar-refractivity contribution is 6.42. The number of amides is 1. The Morgan fingerprint density at radius 1 is 1.03 bits per heavy atom. The number of carboxylic acid groups (broad SMARTS) is 2. The van der Waals surface area contributed by atoms with Crippen LogP contribution in [-0.4, -0.2) is 45.7 Å². The molecule has 3 aromatic rings. The number of piperidine rings is 1. The number of aromatic carboxylic acids is 2. The molecule has 1 aliphatic heterocycles. The zero-order valence-corrected chi connectivity index (χ0v) is 22.3. The Morgan fingerprint density at radius 2 is 1.71 bits per heavy atom. The topological polar surface area (TPSA) is 135 Å². The highest BCUT2D eigenvalue weighted by Crippen LogP contribution is 2.40. The molecule has 0 bridgehead atoms. The quantitative estimate of drug-likeness (QED) is 0.340. The van der Waals surface area contributed by atoms with E-state index >= 15 is 0 Å². The van der Waals surface area contributed by atoms with Gasteiger partial charge in [-0.3, -0.25) is 4.79 Å². The minimum Gasteiger partial charge on any atom is -0.485 e. The van der Waals surface area contributed by atoms with Gasteiger partial charge in [-0.1, -0.05) is 36.2 Å². The van der Waals surface area contributed by atoms with E-state index < -0.39 is 23.4 Å². The van der Waals surface area contributed by atoms with Gasteiger partial charge in [0.1, 0.15) is 12.2 Å². The van der Waals surface area contributed by atoms with Gasteiger partial charge in [-0.15, -0.1) is 0 Å². The Kier molecular flexibility index (Phi) is 7.89. The van der Waals surface area contributed by atoms with Crippen LogP contribution in [0.4, 0.5) is 5.69 Å². The number of hydrogen-bond acceptors (Lipinski definition) is 5. The number of nitrogens with two attached hydrogens (primary N) is 1. The lowest BCUT2D eigenvalue weighted by Gasteiger charge is -2.32. The first-order valence-corrected chi connectivity index (χ1v) is 12.7. The molecule has 0 radical (unpaired) electrons. The second-order valence-electron chi connectivity index (χ2n) is 9.37. The molecule has 0 saturated carbocycles. The van der Waals surface area contributed by atoms with Crippen molar-refractivity contribution in [2.75, 3.05) is 18.0 Å². The van der Waals surface area contributed by atoms with E-state index in [0.29, 0.717) is 16.5 Å². The van der Waals surface area contributed by atoms with Gasteiger partial charge < -0.3 is 30.2 Å². The van der Waals surface area contributed by atoms with Crippen molar-refractivity contribution in [3.05, 3.63) is 68.8 Å². The maximum Gasteiger partial charge on any atom is 0.356 e. The van der Waals surface area contributed by atoms with E-state index in [4.69, 9.17) is 33.7 Å². The van der Waals surface area contributed by atoms with Gasteiger partial charge >= 0.3 is 11.9 Å². The molecule has 2 aromatic carbocycles. The summed E-state index contributed by atoms with van der Waals surface area (Å²) in [6.07, 6.45) is 1.99. The summed E-state index contributed by atoms with van der Waals surface area (Å²) in [4.78, 5) is 39.4. The average molecular weight is 560 g/mol. The van der Waals surface area contributed by atoms with Gasteiger partial charge in [-0.25, -0.2) is 9.59 Å². The normalized spacial score (nSPS) is 13.9. The van der Waals surface area contributed by atoms with Gasteiger partial charge in [0.25, 0.3) is 0 Å². The van der Waals surface area contributed by atoms with Crippen LogP contribution in [-0.2, 0) is 13.7 Å². The largest absolute Gasteiger partial charge is 0.485 e. The molecule has 11 heteroatoms. The molecule has 1 saturated heterocycles. The number of aromatic nitrogens is 1. The molecular formula is C27H27Cl2N3O6. The van der Waals surface area contributed by atoms with Crippen molar-refractivity contribution in [2.45, 2.75) is 26.4 Å². The molecule has 38 heavy (non-hydrogen) atoms. The third-order valence-corrected chi connectivity index (χ3v) is 7.54. The third-order valence-electron chi connectivity index (χ3n) is 6.81. The van der Waals surface area contributed by atoms with E-state index in [1.807, 2.05) is 0 Å². The van der Waals surface area contributed by atoms with Crippen LogP contribution in [0, 0.1) is 5.92 Å². The monoisotopic (exact) mass is 559 g/mol. The van der Waals surface area contributed by atoms with Gasteiger partial charge in [0, 0.05) is 37.0 Å². The van der Waals surface area contributed by atoms with Crippen molar-refractivity contribution in [2.24, 2.45) is 18.7 Å². The van der Waals surface area contributed by atoms with Crippen LogP contribution in [0.5, 0.6) is 5.75 Å². The Balaban J connectivity index is 1.87. The molecule has 0 spiro atoms. The SMILES string of the molecule is CC1CCN(c2ccc(C(N)=O)c(-c3c(C(=O)O)c(OCc4ccc(Cl)c(Cl)c4)c(C(=O)O)n3C)c2)CC1. The van der Waals surface area contributed by atoms with Gasteiger partial charge in [-0.2, -0.15) is 0 Å². The first kappa shape index (κ1) is 27.3. The van der Waals surface area contributed by atoms with Gasteiger partial charge in [-0.05, 0) is 54.7 Å². The Morgan fingerprint density at radius 3 is 2.29 bits per heavy atom. The van der Waals surface area contributed by atoms with E-state index in [0.717, 1.165) is 31.6 Å². The molecule has 200 valence electrons. The van der Waals surface area contributed by atoms with Crippen LogP contribution < -0.4 is 15.4 Å². The molecule has 1 fully saturated rings. The summed E-state index contributed by atoms with van der Waals surface area (Å²) in [6.45, 7) is 3.62. The predicted octanol–water partition coefficient (Wildman–Crippen LogP) is 5.31. The van der Waals surface area contributed by atoms with Crippen LogP contribution in [0.15, 0.2) is 36.4 Å². The Hall–Kier alpha value is -3.69. The molecule has 0 aliphatic carbocycles. The van der Waals surface area contributed by atoms with Gasteiger partial charge in [0.05, 0.1) is 15.7 Å². The van der Waals surface area contributed by atoms with Crippen LogP contribution in [0.1, 0.15) is 56.5 Å². The van der Waals surface area contributed by atoms with E-state index in [1.54, 1.807) is 36.4 Å². The minimum atomic E-state index is -1.42. The Bertz CT molecular complexity index is 1430. The number of nitrogens with zero attached hydrogens (tertiary/aromatic N) is 2. The van der Waals surface area contributed by atoms with E-state index in [1.165, 1.54) is 11.6 Å². The van der Waals surface area contributed by atoms with E-state index in [9.17, 15) is 24.6 Å². The second-order valence-corrected chi connectivity index (χ2v) is 10.2. The van der Waals surface area contributed by atoms with Crippen LogP contribution in [0.2, 0.25) is 10.0 Å². The van der Waals surface area contributed by atoms with Crippen molar-refractivity contribution >= 4 is 46.7 Å². The van der Waals surface area contributed by atoms with Crippen molar-refractivity contribution in [1.82, 2.24) is 4.57 Å². The van der Waals surface area contributed by atoms with Crippen molar-refractivity contribution in [3.8, 4) is 17.0 Å². The first-order chi connectivity index (χ1) is 18.0. The molecule has 1 amide bonds. The summed E-state index contributed by atoms with van der Waals surface area (Å²) < 4.78 is 7.01. The zero-order chi connectivity index (χ0) is 27.7. The summed E-state index contributed by atoms with van der Waals surface area (Å²) in [5.74, 6) is -3.34. The van der Waals surface area contributed by atoms with Gasteiger partial charge in [0.15, 0.2) is 11.4 Å². The highest BCUT2D eigenvalue weighted by atomic mass is 35.5. The van der Waals surface area contributed by atoms with Gasteiger partial charge in [0.2, 0.25) is 5.91 Å². The lowest BCUT2D eigenvalue weighted by atomic mass is 9.96. The third kappa shape index (κ3) is 5.30. The summed E-state index contributed by atoms with van der Waals surface area (Å²) in [5.41, 5.74) is 6.49. The molecular weight excluding hydrogens is 533 g/mol. The number of primary amides is 1. The first-order valence-electron chi connectivity index (χ1n) is 11.9. The number of ether oxygens (including phenoxy) is 1. The average Bonchev–Trinajstić information content (AvgIpc) is 3.17. The summed E-state index contributed by atoms with van der Waals surface area (Å²) >= 11 is 12.0. The van der Waals surface area contributed by atoms with Crippen molar-refractivity contribution in [3.63, 3.8) is 0 Å². The molecule has 2 heterocycles. The van der Waals surface area contributed by atoms with Crippen molar-refractivity contribution < 1.29 is 29.3 Å². The molecule has 1 aliphatic rings. The number of halogens is 2. The molecule has 9 nitrogen and oxygen atoms in total. The number of hydrogen-bond donors (Lipinski definition) is 3. The number of carbonyl (C=O) groups is 3. The summed E-state index contributed by atoms with van der Waals surface area (Å²) in [6, 6.07) is 9.73. The number of carbonyl (C=O) groups excluding carboxylic acids is 1. The fraction of sp³-hybridized carbons (Fsp3) is 0.296. The maximum absolute atomic E-state index is 12.6. The zero-order valence-electron chi connectivity index (χ0n) is 20.8. The fourth-order valence-corrected chi connectivity index (χ4v) is 5.06. The second kappa shape index (κ2) is 11.0. The lowest BCUT2D eigenvalue weighted by molar-refractivity contribution is 0.0681. The summed E-state index contributed by atoms with van der Waals surface area (Å²) in [7, 11) is 1.41. The molecule has 1 aromatic heterocycles. The number of anilines is 1. The van der Waals surface area contributed by atoms with Crippen molar-refractivity contribution in [1.29, 1.82) is 0 Å². The molecule has 4 rings (SSSR count). The minimum absolute atomic E-state index is 0.0000611. The predicted molar refractivity (Wildman–Crippen MR) is 145 cm³/mol. The maximum atomic E-state index is 12.6. The Labute approximate surface area is 229 Å².